The van der Waals surface area contributed by atoms with Gasteiger partial charge in [-0.05, 0) is 42.8 Å². The molecule has 30 heavy (non-hydrogen) atoms. The molecule has 0 aliphatic carbocycles. The number of nitrogens with zero attached hydrogens (tertiary/aromatic N) is 1. The standard InChI is InChI=1S/C20H14Cl2N2O6/c1-10(19(27)28)30-12-7-5-11(6-8-12)9-13-17(25)23-20(29)24(18(13)26)15-4-2-3-14(21)16(15)22/h2-10H,1H3,(H,27,28)(H,23,25,29)/b13-9+/t10-/m1/s1. The van der Waals surface area contributed by atoms with E-state index in [4.69, 9.17) is 33.0 Å². The molecule has 1 fully saturated rings. The molecular weight excluding hydrogens is 435 g/mol. The molecule has 4 amide bonds. The lowest BCUT2D eigenvalue weighted by Gasteiger charge is -2.27. The number of carbonyl (C=O) groups is 4. The molecule has 0 bridgehead atoms. The highest BCUT2D eigenvalue weighted by Crippen LogP contribution is 2.34. The third-order valence-corrected chi connectivity index (χ3v) is 4.93. The number of carboxylic acids is 1. The van der Waals surface area contributed by atoms with Crippen LogP contribution in [0.1, 0.15) is 12.5 Å². The van der Waals surface area contributed by atoms with Crippen LogP contribution in [0, 0.1) is 0 Å². The lowest BCUT2D eigenvalue weighted by Crippen LogP contribution is -2.54. The molecule has 2 aromatic rings. The zero-order chi connectivity index (χ0) is 22.0. The Labute approximate surface area is 180 Å². The van der Waals surface area contributed by atoms with E-state index in [0.717, 1.165) is 4.90 Å². The second kappa shape index (κ2) is 8.56. The Balaban J connectivity index is 1.91. The maximum atomic E-state index is 12.9. The van der Waals surface area contributed by atoms with Gasteiger partial charge in [0, 0.05) is 0 Å². The first-order valence-electron chi connectivity index (χ1n) is 8.54. The first kappa shape index (κ1) is 21.4. The number of urea groups is 1. The third-order valence-electron chi connectivity index (χ3n) is 4.13. The molecule has 1 aliphatic heterocycles. The van der Waals surface area contributed by atoms with E-state index in [1.807, 2.05) is 0 Å². The maximum absolute atomic E-state index is 12.9. The van der Waals surface area contributed by atoms with E-state index >= 15 is 0 Å². The van der Waals surface area contributed by atoms with Crippen molar-refractivity contribution in [3.8, 4) is 5.75 Å². The number of hydrogen-bond donors (Lipinski definition) is 2. The highest BCUT2D eigenvalue weighted by atomic mass is 35.5. The van der Waals surface area contributed by atoms with E-state index in [1.165, 1.54) is 55.5 Å². The molecule has 10 heteroatoms. The van der Waals surface area contributed by atoms with Crippen LogP contribution in [0.25, 0.3) is 6.08 Å². The summed E-state index contributed by atoms with van der Waals surface area (Å²) in [5.41, 5.74) is 0.199. The summed E-state index contributed by atoms with van der Waals surface area (Å²) in [4.78, 5) is 49.0. The van der Waals surface area contributed by atoms with Gasteiger partial charge in [-0.2, -0.15) is 0 Å². The van der Waals surface area contributed by atoms with Gasteiger partial charge in [-0.15, -0.1) is 0 Å². The summed E-state index contributed by atoms with van der Waals surface area (Å²) in [6.45, 7) is 1.38. The zero-order valence-electron chi connectivity index (χ0n) is 15.4. The number of aliphatic carboxylic acids is 1. The van der Waals surface area contributed by atoms with E-state index in [9.17, 15) is 19.2 Å². The van der Waals surface area contributed by atoms with Crippen LogP contribution >= 0.6 is 23.2 Å². The topological polar surface area (TPSA) is 113 Å². The predicted octanol–water partition coefficient (Wildman–Crippen LogP) is 3.51. The molecule has 0 aromatic heterocycles. The summed E-state index contributed by atoms with van der Waals surface area (Å²) in [6.07, 6.45) is 0.252. The van der Waals surface area contributed by atoms with Crippen molar-refractivity contribution < 1.29 is 29.0 Å². The number of benzene rings is 2. The molecule has 154 valence electrons. The lowest BCUT2D eigenvalue weighted by molar-refractivity contribution is -0.144. The Morgan fingerprint density at radius 2 is 1.80 bits per heavy atom. The van der Waals surface area contributed by atoms with Gasteiger partial charge >= 0.3 is 12.0 Å². The van der Waals surface area contributed by atoms with Crippen molar-refractivity contribution in [3.05, 3.63) is 63.6 Å². The van der Waals surface area contributed by atoms with Gasteiger partial charge in [-0.3, -0.25) is 14.9 Å². The van der Waals surface area contributed by atoms with E-state index in [0.29, 0.717) is 11.3 Å². The number of imide groups is 2. The van der Waals surface area contributed by atoms with Crippen LogP contribution in [0.5, 0.6) is 5.75 Å². The average molecular weight is 449 g/mol. The number of rotatable bonds is 5. The Morgan fingerprint density at radius 3 is 2.43 bits per heavy atom. The number of carboxylic acid groups (broad SMARTS) is 1. The number of barbiturate groups is 1. The Hall–Kier alpha value is -3.36. The molecule has 3 rings (SSSR count). The van der Waals surface area contributed by atoms with Crippen molar-refractivity contribution >= 4 is 58.8 Å². The van der Waals surface area contributed by atoms with Crippen LogP contribution in [0.3, 0.4) is 0 Å². The molecule has 8 nitrogen and oxygen atoms in total. The minimum atomic E-state index is -1.12. The van der Waals surface area contributed by atoms with Crippen LogP contribution in [0.15, 0.2) is 48.0 Å². The summed E-state index contributed by atoms with van der Waals surface area (Å²) in [6, 6.07) is 9.54. The molecule has 0 unspecified atom stereocenters. The summed E-state index contributed by atoms with van der Waals surface area (Å²) in [7, 11) is 0. The number of anilines is 1. The first-order valence-corrected chi connectivity index (χ1v) is 9.29. The van der Waals surface area contributed by atoms with Gasteiger partial charge in [0.05, 0.1) is 15.7 Å². The van der Waals surface area contributed by atoms with Crippen molar-refractivity contribution in [2.75, 3.05) is 4.90 Å². The van der Waals surface area contributed by atoms with Crippen molar-refractivity contribution in [3.63, 3.8) is 0 Å². The number of nitrogens with one attached hydrogen (secondary N) is 1. The maximum Gasteiger partial charge on any atom is 0.344 e. The number of halogens is 2. The van der Waals surface area contributed by atoms with Gasteiger partial charge in [0.1, 0.15) is 11.3 Å². The minimum Gasteiger partial charge on any atom is -0.479 e. The third kappa shape index (κ3) is 4.29. The number of ether oxygens (including phenoxy) is 1. The van der Waals surface area contributed by atoms with Crippen molar-refractivity contribution in [1.82, 2.24) is 5.32 Å². The molecule has 1 atom stereocenters. The zero-order valence-corrected chi connectivity index (χ0v) is 16.9. The Kier molecular flexibility index (Phi) is 6.09. The van der Waals surface area contributed by atoms with E-state index in [1.54, 1.807) is 0 Å². The molecule has 1 heterocycles. The molecule has 0 radical (unpaired) electrons. The molecule has 0 spiro atoms. The predicted molar refractivity (Wildman–Crippen MR) is 110 cm³/mol. The summed E-state index contributed by atoms with van der Waals surface area (Å²) in [5.74, 6) is -2.55. The molecule has 2 N–H and O–H groups in total. The fourth-order valence-corrected chi connectivity index (χ4v) is 2.99. The van der Waals surface area contributed by atoms with Crippen LogP contribution in [-0.2, 0) is 14.4 Å². The smallest absolute Gasteiger partial charge is 0.344 e. The fourth-order valence-electron chi connectivity index (χ4n) is 2.61. The highest BCUT2D eigenvalue weighted by molar-refractivity contribution is 6.46. The van der Waals surface area contributed by atoms with E-state index in [-0.39, 0.29) is 21.3 Å². The van der Waals surface area contributed by atoms with Gasteiger partial charge < -0.3 is 9.84 Å². The summed E-state index contributed by atoms with van der Waals surface area (Å²) >= 11 is 12.1. The van der Waals surface area contributed by atoms with Gasteiger partial charge in [0.25, 0.3) is 11.8 Å². The largest absolute Gasteiger partial charge is 0.479 e. The summed E-state index contributed by atoms with van der Waals surface area (Å²) in [5, 5.41) is 11.1. The molecule has 1 aliphatic rings. The molecule has 1 saturated heterocycles. The van der Waals surface area contributed by atoms with Gasteiger partial charge in [0.15, 0.2) is 6.10 Å². The quantitative estimate of drug-likeness (QED) is 0.534. The van der Waals surface area contributed by atoms with Crippen LogP contribution in [0.2, 0.25) is 10.0 Å². The summed E-state index contributed by atoms with van der Waals surface area (Å²) < 4.78 is 5.23. The number of carbonyl (C=O) groups excluding carboxylic acids is 3. The van der Waals surface area contributed by atoms with Gasteiger partial charge in [0.2, 0.25) is 0 Å². The average Bonchev–Trinajstić information content (AvgIpc) is 2.69. The monoisotopic (exact) mass is 448 g/mol. The Morgan fingerprint density at radius 1 is 1.13 bits per heavy atom. The van der Waals surface area contributed by atoms with Crippen LogP contribution in [0.4, 0.5) is 10.5 Å². The minimum absolute atomic E-state index is 0.00887. The van der Waals surface area contributed by atoms with Crippen molar-refractivity contribution in [1.29, 1.82) is 0 Å². The number of amides is 4. The van der Waals surface area contributed by atoms with Crippen LogP contribution < -0.4 is 15.0 Å². The molecule has 2 aromatic carbocycles. The van der Waals surface area contributed by atoms with Crippen molar-refractivity contribution in [2.24, 2.45) is 0 Å². The first-order chi connectivity index (χ1) is 14.2. The van der Waals surface area contributed by atoms with Crippen LogP contribution in [-0.4, -0.2) is 35.0 Å². The van der Waals surface area contributed by atoms with Gasteiger partial charge in [-0.25, -0.2) is 14.5 Å². The number of hydrogen-bond acceptors (Lipinski definition) is 5. The van der Waals surface area contributed by atoms with Crippen molar-refractivity contribution in [2.45, 2.75) is 13.0 Å². The second-order valence-electron chi connectivity index (χ2n) is 6.20. The fraction of sp³-hybridized carbons (Fsp3) is 0.100. The lowest BCUT2D eigenvalue weighted by atomic mass is 10.1. The molecular formula is C20H14Cl2N2O6. The van der Waals surface area contributed by atoms with E-state index in [2.05, 4.69) is 5.32 Å². The Bertz CT molecular complexity index is 1080. The normalized spacial score (nSPS) is 16.4. The molecule has 0 saturated carbocycles. The van der Waals surface area contributed by atoms with Gasteiger partial charge in [-0.1, -0.05) is 41.4 Å². The SMILES string of the molecule is C[C@@H](Oc1ccc(/C=C2\C(=O)NC(=O)N(c3cccc(Cl)c3Cl)C2=O)cc1)C(=O)O. The second-order valence-corrected chi connectivity index (χ2v) is 6.98. The highest BCUT2D eigenvalue weighted by Gasteiger charge is 2.38. The van der Waals surface area contributed by atoms with E-state index < -0.39 is 29.9 Å².